The van der Waals surface area contributed by atoms with E-state index in [1.807, 2.05) is 6.92 Å². The molecule has 7 heteroatoms. The Balaban J connectivity index is 0.00000264. The van der Waals surface area contributed by atoms with Crippen LogP contribution in [0.4, 0.5) is 0 Å². The van der Waals surface area contributed by atoms with Crippen LogP contribution < -0.4 is 5.32 Å². The van der Waals surface area contributed by atoms with Crippen molar-refractivity contribution in [1.82, 2.24) is 19.8 Å². The SMILES string of the molecule is CCNC(=NCc1nc(C)c(C)s1)N(C)Cc1cccn1C.I. The van der Waals surface area contributed by atoms with Crippen LogP contribution in [0.5, 0.6) is 0 Å². The molecule has 1 N–H and O–H groups in total. The van der Waals surface area contributed by atoms with Crippen molar-refractivity contribution in [2.45, 2.75) is 33.9 Å². The van der Waals surface area contributed by atoms with Crippen molar-refractivity contribution in [1.29, 1.82) is 0 Å². The summed E-state index contributed by atoms with van der Waals surface area (Å²) in [5.74, 6) is 0.911. The van der Waals surface area contributed by atoms with E-state index in [1.165, 1.54) is 10.6 Å². The van der Waals surface area contributed by atoms with Crippen molar-refractivity contribution in [3.8, 4) is 0 Å². The van der Waals surface area contributed by atoms with E-state index < -0.39 is 0 Å². The van der Waals surface area contributed by atoms with Gasteiger partial charge in [-0.2, -0.15) is 0 Å². The Kier molecular flexibility index (Phi) is 8.04. The third kappa shape index (κ3) is 5.49. The third-order valence-electron chi connectivity index (χ3n) is 3.58. The van der Waals surface area contributed by atoms with Gasteiger partial charge in [-0.25, -0.2) is 9.98 Å². The van der Waals surface area contributed by atoms with E-state index in [1.54, 1.807) is 11.3 Å². The molecule has 2 rings (SSSR count). The molecule has 0 saturated heterocycles. The van der Waals surface area contributed by atoms with Gasteiger partial charge in [0.05, 0.1) is 18.8 Å². The summed E-state index contributed by atoms with van der Waals surface area (Å²) >= 11 is 1.73. The highest BCUT2D eigenvalue weighted by molar-refractivity contribution is 14.0. The van der Waals surface area contributed by atoms with E-state index >= 15 is 0 Å². The summed E-state index contributed by atoms with van der Waals surface area (Å²) in [6.45, 7) is 8.54. The molecule has 0 aliphatic heterocycles. The van der Waals surface area contributed by atoms with E-state index in [0.29, 0.717) is 6.54 Å². The van der Waals surface area contributed by atoms with Gasteiger partial charge in [0.2, 0.25) is 0 Å². The van der Waals surface area contributed by atoms with Crippen LogP contribution in [0.15, 0.2) is 23.3 Å². The zero-order valence-corrected chi connectivity index (χ0v) is 17.6. The Labute approximate surface area is 159 Å². The minimum Gasteiger partial charge on any atom is -0.357 e. The molecule has 2 aromatic heterocycles. The van der Waals surface area contributed by atoms with Gasteiger partial charge in [-0.3, -0.25) is 0 Å². The number of aryl methyl sites for hydroxylation is 3. The average molecular weight is 447 g/mol. The number of guanidine groups is 1. The van der Waals surface area contributed by atoms with Gasteiger partial charge < -0.3 is 14.8 Å². The number of hydrogen-bond donors (Lipinski definition) is 1. The fourth-order valence-corrected chi connectivity index (χ4v) is 3.06. The molecular weight excluding hydrogens is 421 g/mol. The van der Waals surface area contributed by atoms with E-state index in [0.717, 1.165) is 29.8 Å². The summed E-state index contributed by atoms with van der Waals surface area (Å²) in [5.41, 5.74) is 2.37. The topological polar surface area (TPSA) is 45.5 Å². The number of aliphatic imine (C=N–C) groups is 1. The maximum Gasteiger partial charge on any atom is 0.194 e. The Hall–Kier alpha value is -1.09. The first kappa shape index (κ1) is 20.0. The number of halogens is 1. The van der Waals surface area contributed by atoms with Crippen LogP contribution in [0.1, 0.15) is 28.2 Å². The Bertz CT molecular complexity index is 627. The van der Waals surface area contributed by atoms with E-state index in [2.05, 4.69) is 66.0 Å². The molecular formula is C16H26IN5S. The highest BCUT2D eigenvalue weighted by atomic mass is 127. The van der Waals surface area contributed by atoms with Crippen molar-refractivity contribution >= 4 is 41.3 Å². The Morgan fingerprint density at radius 2 is 2.17 bits per heavy atom. The number of aromatic nitrogens is 2. The van der Waals surface area contributed by atoms with Crippen LogP contribution in [0.25, 0.3) is 0 Å². The monoisotopic (exact) mass is 447 g/mol. The van der Waals surface area contributed by atoms with Crippen LogP contribution in [0, 0.1) is 13.8 Å². The van der Waals surface area contributed by atoms with Gasteiger partial charge in [0.25, 0.3) is 0 Å². The fourth-order valence-electron chi connectivity index (χ4n) is 2.20. The molecule has 0 spiro atoms. The van der Waals surface area contributed by atoms with Crippen molar-refractivity contribution < 1.29 is 0 Å². The Morgan fingerprint density at radius 3 is 2.70 bits per heavy atom. The van der Waals surface area contributed by atoms with Crippen LogP contribution >= 0.6 is 35.3 Å². The van der Waals surface area contributed by atoms with Crippen LogP contribution in [0.2, 0.25) is 0 Å². The number of nitrogens with one attached hydrogen (secondary N) is 1. The first-order valence-electron chi connectivity index (χ1n) is 7.53. The molecule has 128 valence electrons. The van der Waals surface area contributed by atoms with Crippen molar-refractivity contribution in [3.63, 3.8) is 0 Å². The summed E-state index contributed by atoms with van der Waals surface area (Å²) in [6, 6.07) is 4.20. The predicted molar refractivity (Wildman–Crippen MR) is 109 cm³/mol. The van der Waals surface area contributed by atoms with Gasteiger partial charge in [-0.05, 0) is 32.9 Å². The predicted octanol–water partition coefficient (Wildman–Crippen LogP) is 3.31. The zero-order valence-electron chi connectivity index (χ0n) is 14.5. The smallest absolute Gasteiger partial charge is 0.194 e. The molecule has 23 heavy (non-hydrogen) atoms. The molecule has 0 bridgehead atoms. The third-order valence-corrected chi connectivity index (χ3v) is 4.64. The summed E-state index contributed by atoms with van der Waals surface area (Å²) < 4.78 is 2.13. The largest absolute Gasteiger partial charge is 0.357 e. The lowest BCUT2D eigenvalue weighted by Gasteiger charge is -2.22. The average Bonchev–Trinajstić information content (AvgIpc) is 3.01. The molecule has 0 atom stereocenters. The van der Waals surface area contributed by atoms with Crippen LogP contribution in [-0.4, -0.2) is 34.0 Å². The van der Waals surface area contributed by atoms with Crippen LogP contribution in [0.3, 0.4) is 0 Å². The number of rotatable bonds is 5. The second kappa shape index (κ2) is 9.27. The van der Waals surface area contributed by atoms with Gasteiger partial charge in [-0.1, -0.05) is 0 Å². The van der Waals surface area contributed by atoms with Crippen molar-refractivity contribution in [2.24, 2.45) is 12.0 Å². The molecule has 2 aromatic rings. The molecule has 0 aliphatic rings. The zero-order chi connectivity index (χ0) is 16.1. The highest BCUT2D eigenvalue weighted by Crippen LogP contribution is 2.17. The second-order valence-electron chi connectivity index (χ2n) is 5.39. The van der Waals surface area contributed by atoms with Gasteiger partial charge in [0.1, 0.15) is 5.01 Å². The van der Waals surface area contributed by atoms with Gasteiger partial charge in [0, 0.05) is 37.4 Å². The number of nitrogens with zero attached hydrogens (tertiary/aromatic N) is 4. The lowest BCUT2D eigenvalue weighted by molar-refractivity contribution is 0.462. The standard InChI is InChI=1S/C16H25N5S.HI/c1-6-17-16(18-10-15-19-12(2)13(3)22-15)21(5)11-14-8-7-9-20(14)4;/h7-9H,6,10-11H2,1-5H3,(H,17,18);1H. The van der Waals surface area contributed by atoms with Gasteiger partial charge in [-0.15, -0.1) is 35.3 Å². The summed E-state index contributed by atoms with van der Waals surface area (Å²) in [5, 5.41) is 4.42. The van der Waals surface area contributed by atoms with E-state index in [4.69, 9.17) is 4.99 Å². The number of thiazole rings is 1. The summed E-state index contributed by atoms with van der Waals surface area (Å²) in [7, 11) is 4.13. The lowest BCUT2D eigenvalue weighted by atomic mass is 10.4. The molecule has 0 aromatic carbocycles. The molecule has 0 amide bonds. The second-order valence-corrected chi connectivity index (χ2v) is 6.67. The first-order chi connectivity index (χ1) is 10.5. The van der Waals surface area contributed by atoms with Crippen molar-refractivity contribution in [2.75, 3.05) is 13.6 Å². The Morgan fingerprint density at radius 1 is 1.43 bits per heavy atom. The summed E-state index contributed by atoms with van der Waals surface area (Å²) in [6.07, 6.45) is 2.06. The molecule has 0 radical (unpaired) electrons. The van der Waals surface area contributed by atoms with E-state index in [9.17, 15) is 0 Å². The molecule has 0 fully saturated rings. The molecule has 0 saturated carbocycles. The minimum absolute atomic E-state index is 0. The van der Waals surface area contributed by atoms with Gasteiger partial charge >= 0.3 is 0 Å². The first-order valence-corrected chi connectivity index (χ1v) is 8.35. The molecule has 0 unspecified atom stereocenters. The minimum atomic E-state index is 0. The van der Waals surface area contributed by atoms with E-state index in [-0.39, 0.29) is 24.0 Å². The highest BCUT2D eigenvalue weighted by Gasteiger charge is 2.09. The van der Waals surface area contributed by atoms with Crippen LogP contribution in [-0.2, 0) is 20.1 Å². The normalized spacial score (nSPS) is 11.3. The maximum atomic E-state index is 4.72. The fraction of sp³-hybridized carbons (Fsp3) is 0.500. The lowest BCUT2D eigenvalue weighted by Crippen LogP contribution is -2.38. The molecule has 0 aliphatic carbocycles. The maximum absolute atomic E-state index is 4.72. The quantitative estimate of drug-likeness (QED) is 0.435. The van der Waals surface area contributed by atoms with Gasteiger partial charge in [0.15, 0.2) is 5.96 Å². The molecule has 2 heterocycles. The molecule has 5 nitrogen and oxygen atoms in total. The number of hydrogen-bond acceptors (Lipinski definition) is 3. The van der Waals surface area contributed by atoms with Crippen molar-refractivity contribution in [3.05, 3.63) is 39.6 Å². The summed E-state index contributed by atoms with van der Waals surface area (Å²) in [4.78, 5) is 12.7.